The topological polar surface area (TPSA) is 39.7 Å². The lowest BCUT2D eigenvalue weighted by Crippen LogP contribution is -2.22. The summed E-state index contributed by atoms with van der Waals surface area (Å²) in [5.41, 5.74) is 2.27. The molecule has 1 saturated heterocycles. The minimum atomic E-state index is 0.0687. The molecule has 2 aromatic rings. The van der Waals surface area contributed by atoms with E-state index in [-0.39, 0.29) is 12.2 Å². The molecular weight excluding hydrogens is 314 g/mol. The number of anilines is 1. The zero-order valence-electron chi connectivity index (χ0n) is 15.0. The quantitative estimate of drug-likeness (QED) is 0.771. The van der Waals surface area contributed by atoms with Crippen molar-refractivity contribution in [2.75, 3.05) is 25.1 Å². The van der Waals surface area contributed by atoms with Gasteiger partial charge in [-0.2, -0.15) is 0 Å². The van der Waals surface area contributed by atoms with Gasteiger partial charge in [0.25, 0.3) is 0 Å². The first-order chi connectivity index (χ1) is 12.2. The Morgan fingerprint density at radius 2 is 2.00 bits per heavy atom. The van der Waals surface area contributed by atoms with Crippen LogP contribution in [0.3, 0.4) is 0 Å². The van der Waals surface area contributed by atoms with Gasteiger partial charge in [-0.25, -0.2) is 0 Å². The summed E-state index contributed by atoms with van der Waals surface area (Å²) in [6.07, 6.45) is 2.53. The normalized spacial score (nSPS) is 17.9. The summed E-state index contributed by atoms with van der Waals surface area (Å²) in [7, 11) is 0. The summed E-state index contributed by atoms with van der Waals surface area (Å²) in [6.45, 7) is 6.33. The van der Waals surface area contributed by atoms with Crippen molar-refractivity contribution < 1.29 is 14.2 Å². The Labute approximate surface area is 150 Å². The second kappa shape index (κ2) is 8.77. The van der Waals surface area contributed by atoms with Gasteiger partial charge in [-0.1, -0.05) is 23.8 Å². The van der Waals surface area contributed by atoms with Gasteiger partial charge in [-0.05, 0) is 51.0 Å². The zero-order valence-corrected chi connectivity index (χ0v) is 15.0. The molecule has 0 saturated carbocycles. The molecule has 3 rings (SSSR count). The third-order valence-corrected chi connectivity index (χ3v) is 4.25. The number of aryl methyl sites for hydroxylation is 1. The van der Waals surface area contributed by atoms with Crippen LogP contribution >= 0.6 is 0 Å². The van der Waals surface area contributed by atoms with Gasteiger partial charge in [0, 0.05) is 18.4 Å². The lowest BCUT2D eigenvalue weighted by molar-refractivity contribution is 0.0680. The first-order valence-corrected chi connectivity index (χ1v) is 9.01. The fourth-order valence-corrected chi connectivity index (χ4v) is 2.81. The number of ether oxygens (including phenoxy) is 3. The molecular formula is C21H27NO3. The highest BCUT2D eigenvalue weighted by Gasteiger charge is 2.16. The van der Waals surface area contributed by atoms with Crippen molar-refractivity contribution in [3.05, 3.63) is 54.1 Å². The molecule has 1 fully saturated rings. The van der Waals surface area contributed by atoms with Gasteiger partial charge in [0.05, 0.1) is 12.6 Å². The van der Waals surface area contributed by atoms with Crippen LogP contribution < -0.4 is 14.8 Å². The molecule has 2 aromatic carbocycles. The molecule has 1 heterocycles. The van der Waals surface area contributed by atoms with E-state index in [4.69, 9.17) is 14.2 Å². The third kappa shape index (κ3) is 5.68. The van der Waals surface area contributed by atoms with Crippen LogP contribution in [0.1, 0.15) is 25.3 Å². The van der Waals surface area contributed by atoms with Crippen LogP contribution in [-0.4, -0.2) is 32.0 Å². The predicted octanol–water partition coefficient (Wildman–Crippen LogP) is 4.43. The number of nitrogens with one attached hydrogen (secondary N) is 1. The molecule has 0 bridgehead atoms. The van der Waals surface area contributed by atoms with Gasteiger partial charge in [0.2, 0.25) is 0 Å². The molecule has 2 unspecified atom stereocenters. The van der Waals surface area contributed by atoms with Gasteiger partial charge in [-0.3, -0.25) is 0 Å². The standard InChI is InChI=1S/C21H27NO3/c1-16-8-10-19(11-9-16)25-17(2)14-22-18-5-3-6-20(13-18)24-15-21-7-4-12-23-21/h3,5-6,8-11,13,17,21-22H,4,7,12,14-15H2,1-2H3. The third-order valence-electron chi connectivity index (χ3n) is 4.25. The van der Waals surface area contributed by atoms with E-state index in [1.807, 2.05) is 36.4 Å². The van der Waals surface area contributed by atoms with Crippen LogP contribution in [0.2, 0.25) is 0 Å². The fourth-order valence-electron chi connectivity index (χ4n) is 2.81. The second-order valence-electron chi connectivity index (χ2n) is 6.60. The molecule has 1 aliphatic heterocycles. The lowest BCUT2D eigenvalue weighted by Gasteiger charge is -2.17. The summed E-state index contributed by atoms with van der Waals surface area (Å²) >= 11 is 0. The Hall–Kier alpha value is -2.20. The highest BCUT2D eigenvalue weighted by Crippen LogP contribution is 2.20. The molecule has 0 radical (unpaired) electrons. The van der Waals surface area contributed by atoms with E-state index >= 15 is 0 Å². The van der Waals surface area contributed by atoms with Crippen molar-refractivity contribution in [3.8, 4) is 11.5 Å². The zero-order chi connectivity index (χ0) is 17.5. The van der Waals surface area contributed by atoms with Crippen LogP contribution in [0.25, 0.3) is 0 Å². The molecule has 2 atom stereocenters. The molecule has 4 nitrogen and oxygen atoms in total. The summed E-state index contributed by atoms with van der Waals surface area (Å²) in [5.74, 6) is 1.76. The second-order valence-corrected chi connectivity index (χ2v) is 6.60. The molecule has 0 aromatic heterocycles. The summed E-state index contributed by atoms with van der Waals surface area (Å²) < 4.78 is 17.4. The van der Waals surface area contributed by atoms with Crippen molar-refractivity contribution in [3.63, 3.8) is 0 Å². The molecule has 1 aliphatic rings. The minimum absolute atomic E-state index is 0.0687. The predicted molar refractivity (Wildman–Crippen MR) is 101 cm³/mol. The monoisotopic (exact) mass is 341 g/mol. The maximum atomic E-state index is 5.93. The number of hydrogen-bond acceptors (Lipinski definition) is 4. The first-order valence-electron chi connectivity index (χ1n) is 9.01. The average molecular weight is 341 g/mol. The van der Waals surface area contributed by atoms with E-state index < -0.39 is 0 Å². The van der Waals surface area contributed by atoms with Crippen molar-refractivity contribution in [1.82, 2.24) is 0 Å². The van der Waals surface area contributed by atoms with E-state index in [0.717, 1.165) is 43.2 Å². The molecule has 0 aliphatic carbocycles. The van der Waals surface area contributed by atoms with Crippen LogP contribution in [-0.2, 0) is 4.74 Å². The maximum absolute atomic E-state index is 5.93. The van der Waals surface area contributed by atoms with E-state index in [0.29, 0.717) is 6.61 Å². The van der Waals surface area contributed by atoms with Crippen molar-refractivity contribution in [2.24, 2.45) is 0 Å². The van der Waals surface area contributed by atoms with Crippen molar-refractivity contribution in [2.45, 2.75) is 38.9 Å². The van der Waals surface area contributed by atoms with E-state index in [1.54, 1.807) is 0 Å². The number of rotatable bonds is 8. The highest BCUT2D eigenvalue weighted by molar-refractivity contribution is 5.48. The van der Waals surface area contributed by atoms with Gasteiger partial charge in [-0.15, -0.1) is 0 Å². The van der Waals surface area contributed by atoms with Crippen LogP contribution in [0.15, 0.2) is 48.5 Å². The van der Waals surface area contributed by atoms with Gasteiger partial charge < -0.3 is 19.5 Å². The van der Waals surface area contributed by atoms with E-state index in [9.17, 15) is 0 Å². The molecule has 0 amide bonds. The Kier molecular flexibility index (Phi) is 6.18. The number of hydrogen-bond donors (Lipinski definition) is 1. The summed E-state index contributed by atoms with van der Waals surface area (Å²) in [4.78, 5) is 0. The molecule has 4 heteroatoms. The Morgan fingerprint density at radius 3 is 2.76 bits per heavy atom. The van der Waals surface area contributed by atoms with Gasteiger partial charge in [0.1, 0.15) is 24.2 Å². The maximum Gasteiger partial charge on any atom is 0.121 e. The van der Waals surface area contributed by atoms with Gasteiger partial charge >= 0.3 is 0 Å². The van der Waals surface area contributed by atoms with Crippen LogP contribution in [0, 0.1) is 6.92 Å². The lowest BCUT2D eigenvalue weighted by atomic mass is 10.2. The fraction of sp³-hybridized carbons (Fsp3) is 0.429. The summed E-state index contributed by atoms with van der Waals surface area (Å²) in [5, 5.41) is 3.41. The minimum Gasteiger partial charge on any atom is -0.491 e. The highest BCUT2D eigenvalue weighted by atomic mass is 16.5. The Balaban J connectivity index is 1.45. The van der Waals surface area contributed by atoms with Crippen LogP contribution in [0.5, 0.6) is 11.5 Å². The SMILES string of the molecule is Cc1ccc(OC(C)CNc2cccc(OCC3CCCO3)c2)cc1. The van der Waals surface area contributed by atoms with E-state index in [1.165, 1.54) is 5.56 Å². The van der Waals surface area contributed by atoms with Gasteiger partial charge in [0.15, 0.2) is 0 Å². The van der Waals surface area contributed by atoms with E-state index in [2.05, 4.69) is 31.3 Å². The molecule has 1 N–H and O–H groups in total. The smallest absolute Gasteiger partial charge is 0.121 e. The van der Waals surface area contributed by atoms with Crippen LogP contribution in [0.4, 0.5) is 5.69 Å². The average Bonchev–Trinajstić information content (AvgIpc) is 3.14. The number of benzene rings is 2. The Bertz CT molecular complexity index is 650. The summed E-state index contributed by atoms with van der Waals surface area (Å²) in [6, 6.07) is 16.2. The molecule has 0 spiro atoms. The molecule has 134 valence electrons. The van der Waals surface area contributed by atoms with Crippen molar-refractivity contribution in [1.29, 1.82) is 0 Å². The van der Waals surface area contributed by atoms with Crippen molar-refractivity contribution >= 4 is 5.69 Å². The largest absolute Gasteiger partial charge is 0.491 e. The Morgan fingerprint density at radius 1 is 1.16 bits per heavy atom. The molecule has 25 heavy (non-hydrogen) atoms. The first kappa shape index (κ1) is 17.6.